The average Bonchev–Trinajstić information content (AvgIpc) is 3.06. The molecule has 0 radical (unpaired) electrons. The highest BCUT2D eigenvalue weighted by Crippen LogP contribution is 2.32. The van der Waals surface area contributed by atoms with Crippen molar-refractivity contribution >= 4 is 17.5 Å². The number of rotatable bonds is 1. The third-order valence-electron chi connectivity index (χ3n) is 3.60. The van der Waals surface area contributed by atoms with Crippen LogP contribution in [0.25, 0.3) is 5.78 Å². The second-order valence-corrected chi connectivity index (χ2v) is 4.84. The summed E-state index contributed by atoms with van der Waals surface area (Å²) < 4.78 is 6.97. The van der Waals surface area contributed by atoms with Crippen LogP contribution in [0.5, 0.6) is 0 Å². The van der Waals surface area contributed by atoms with E-state index < -0.39 is 0 Å². The van der Waals surface area contributed by atoms with Gasteiger partial charge in [0.05, 0.1) is 17.5 Å². The first kappa shape index (κ1) is 11.2. The molecule has 1 aliphatic carbocycles. The molecular weight excluding hydrogens is 258 g/mol. The van der Waals surface area contributed by atoms with Gasteiger partial charge in [0.25, 0.3) is 5.78 Å². The van der Waals surface area contributed by atoms with Crippen molar-refractivity contribution in [2.45, 2.75) is 18.8 Å². The Balaban J connectivity index is 1.88. The second kappa shape index (κ2) is 3.89. The predicted molar refractivity (Wildman–Crippen MR) is 69.3 cm³/mol. The molecule has 20 heavy (non-hydrogen) atoms. The first-order valence-corrected chi connectivity index (χ1v) is 6.29. The zero-order valence-electron chi connectivity index (χ0n) is 10.5. The molecule has 1 atom stereocenters. The number of carbonyl (C=O) groups excluding carboxylic acids is 1. The molecule has 0 aromatic carbocycles. The molecule has 0 saturated carbocycles. The quantitative estimate of drug-likeness (QED) is 0.712. The largest absolute Gasteiger partial charge is 0.469 e. The number of fused-ring (bicyclic) bond motifs is 3. The maximum Gasteiger partial charge on any atom is 0.254 e. The third-order valence-corrected chi connectivity index (χ3v) is 3.60. The maximum atomic E-state index is 12.3. The van der Waals surface area contributed by atoms with Crippen LogP contribution in [-0.2, 0) is 6.42 Å². The lowest BCUT2D eigenvalue weighted by molar-refractivity contribution is 0.0958. The number of nitrogens with two attached hydrogens (primary N) is 1. The molecule has 7 heteroatoms. The van der Waals surface area contributed by atoms with Gasteiger partial charge in [0, 0.05) is 25.0 Å². The predicted octanol–water partition coefficient (Wildman–Crippen LogP) is 1.21. The molecule has 4 rings (SSSR count). The Morgan fingerprint density at radius 1 is 1.40 bits per heavy atom. The number of hydrogen-bond donors (Lipinski definition) is 1. The van der Waals surface area contributed by atoms with Gasteiger partial charge >= 0.3 is 0 Å². The summed E-state index contributed by atoms with van der Waals surface area (Å²) in [5.74, 6) is 1.42. The number of carbonyl (C=O) groups is 1. The van der Waals surface area contributed by atoms with Crippen molar-refractivity contribution in [1.29, 1.82) is 0 Å². The van der Waals surface area contributed by atoms with E-state index in [4.69, 9.17) is 10.2 Å². The van der Waals surface area contributed by atoms with Gasteiger partial charge < -0.3 is 10.2 Å². The Labute approximate surface area is 113 Å². The molecule has 0 bridgehead atoms. The minimum atomic E-state index is 0.0148. The van der Waals surface area contributed by atoms with Crippen LogP contribution in [-0.4, -0.2) is 25.4 Å². The van der Waals surface area contributed by atoms with Crippen LogP contribution in [0.3, 0.4) is 0 Å². The molecule has 3 aromatic rings. The van der Waals surface area contributed by atoms with Gasteiger partial charge in [-0.05, 0) is 12.1 Å². The Hall–Kier alpha value is -2.70. The van der Waals surface area contributed by atoms with Crippen LogP contribution in [0.4, 0.5) is 5.95 Å². The molecular formula is C13H11N5O2. The molecule has 3 heterocycles. The molecule has 1 aliphatic rings. The number of Topliss-reactive ketones (excluding diaryl/α,β-unsaturated/α-hetero) is 1. The number of furan rings is 1. The van der Waals surface area contributed by atoms with Crippen LogP contribution in [0, 0.1) is 0 Å². The summed E-state index contributed by atoms with van der Waals surface area (Å²) in [4.78, 5) is 20.4. The van der Waals surface area contributed by atoms with E-state index in [0.29, 0.717) is 24.2 Å². The number of anilines is 1. The van der Waals surface area contributed by atoms with Gasteiger partial charge in [0.15, 0.2) is 5.78 Å². The molecule has 0 fully saturated rings. The van der Waals surface area contributed by atoms with Gasteiger partial charge in [-0.1, -0.05) is 0 Å². The minimum Gasteiger partial charge on any atom is -0.469 e. The van der Waals surface area contributed by atoms with Gasteiger partial charge in [0.1, 0.15) is 5.76 Å². The number of hydrogen-bond acceptors (Lipinski definition) is 6. The van der Waals surface area contributed by atoms with Gasteiger partial charge in [-0.3, -0.25) is 4.79 Å². The van der Waals surface area contributed by atoms with E-state index in [1.807, 2.05) is 12.1 Å². The van der Waals surface area contributed by atoms with Crippen LogP contribution >= 0.6 is 0 Å². The summed E-state index contributed by atoms with van der Waals surface area (Å²) in [5.41, 5.74) is 6.98. The summed E-state index contributed by atoms with van der Waals surface area (Å²) in [6.07, 6.45) is 4.23. The standard InChI is InChI=1S/C13H11N5O2/c14-12-16-13-15-6-8-9(18(13)17-12)4-7(5-10(8)19)11-2-1-3-20-11/h1-3,6-7H,4-5H2,(H2,14,17)/t7-/m0/s1. The van der Waals surface area contributed by atoms with E-state index in [9.17, 15) is 4.79 Å². The number of ketones is 1. The molecule has 2 N–H and O–H groups in total. The van der Waals surface area contributed by atoms with Crippen molar-refractivity contribution in [3.05, 3.63) is 41.6 Å². The first-order chi connectivity index (χ1) is 9.72. The lowest BCUT2D eigenvalue weighted by Crippen LogP contribution is -2.22. The summed E-state index contributed by atoms with van der Waals surface area (Å²) in [7, 11) is 0. The highest BCUT2D eigenvalue weighted by molar-refractivity contribution is 5.98. The lowest BCUT2D eigenvalue weighted by Gasteiger charge is -2.21. The van der Waals surface area contributed by atoms with Crippen molar-refractivity contribution in [2.75, 3.05) is 5.73 Å². The van der Waals surface area contributed by atoms with Gasteiger partial charge in [0.2, 0.25) is 5.95 Å². The first-order valence-electron chi connectivity index (χ1n) is 6.29. The van der Waals surface area contributed by atoms with E-state index >= 15 is 0 Å². The van der Waals surface area contributed by atoms with Gasteiger partial charge in [-0.15, -0.1) is 5.10 Å². The van der Waals surface area contributed by atoms with Crippen LogP contribution in [0.1, 0.15) is 34.2 Å². The fraction of sp³-hybridized carbons (Fsp3) is 0.231. The Bertz CT molecular complexity index is 806. The van der Waals surface area contributed by atoms with Gasteiger partial charge in [-0.25, -0.2) is 4.98 Å². The van der Waals surface area contributed by atoms with Crippen LogP contribution < -0.4 is 5.73 Å². The van der Waals surface area contributed by atoms with Crippen molar-refractivity contribution in [3.8, 4) is 0 Å². The summed E-state index contributed by atoms with van der Waals surface area (Å²) >= 11 is 0. The Morgan fingerprint density at radius 2 is 2.30 bits per heavy atom. The van der Waals surface area contributed by atoms with E-state index in [1.54, 1.807) is 17.0 Å². The molecule has 3 aromatic heterocycles. The van der Waals surface area contributed by atoms with Crippen LogP contribution in [0.2, 0.25) is 0 Å². The fourth-order valence-electron chi connectivity index (χ4n) is 2.69. The van der Waals surface area contributed by atoms with Crippen molar-refractivity contribution < 1.29 is 9.21 Å². The summed E-state index contributed by atoms with van der Waals surface area (Å²) in [5, 5.41) is 4.11. The maximum absolute atomic E-state index is 12.3. The second-order valence-electron chi connectivity index (χ2n) is 4.84. The summed E-state index contributed by atoms with van der Waals surface area (Å²) in [6, 6.07) is 3.71. The molecule has 0 aliphatic heterocycles. The SMILES string of the molecule is Nc1nc2ncc3c(n2n1)C[C@H](c1ccco1)CC3=O. The van der Waals surface area contributed by atoms with Crippen LogP contribution in [0.15, 0.2) is 29.0 Å². The lowest BCUT2D eigenvalue weighted by atomic mass is 9.85. The number of nitrogen functional groups attached to an aromatic ring is 1. The topological polar surface area (TPSA) is 99.3 Å². The monoisotopic (exact) mass is 269 g/mol. The zero-order valence-corrected chi connectivity index (χ0v) is 10.5. The molecule has 0 spiro atoms. The molecule has 0 unspecified atom stereocenters. The van der Waals surface area contributed by atoms with Crippen molar-refractivity contribution in [3.63, 3.8) is 0 Å². The van der Waals surface area contributed by atoms with Gasteiger partial charge in [-0.2, -0.15) is 9.50 Å². The van der Waals surface area contributed by atoms with E-state index in [2.05, 4.69) is 15.1 Å². The molecule has 0 amide bonds. The highest BCUT2D eigenvalue weighted by atomic mass is 16.3. The minimum absolute atomic E-state index is 0.0148. The Morgan fingerprint density at radius 3 is 3.10 bits per heavy atom. The third kappa shape index (κ3) is 1.52. The molecule has 100 valence electrons. The molecule has 7 nitrogen and oxygen atoms in total. The molecule has 0 saturated heterocycles. The van der Waals surface area contributed by atoms with E-state index in [-0.39, 0.29) is 17.6 Å². The summed E-state index contributed by atoms with van der Waals surface area (Å²) in [6.45, 7) is 0. The number of aromatic nitrogens is 4. The zero-order chi connectivity index (χ0) is 13.7. The van der Waals surface area contributed by atoms with Crippen molar-refractivity contribution in [1.82, 2.24) is 19.6 Å². The van der Waals surface area contributed by atoms with Crippen molar-refractivity contribution in [2.24, 2.45) is 0 Å². The smallest absolute Gasteiger partial charge is 0.254 e. The average molecular weight is 269 g/mol. The Kier molecular flexibility index (Phi) is 2.17. The van der Waals surface area contributed by atoms with E-state index in [1.165, 1.54) is 0 Å². The fourth-order valence-corrected chi connectivity index (χ4v) is 2.69. The normalized spacial score (nSPS) is 18.4. The van der Waals surface area contributed by atoms with E-state index in [0.717, 1.165) is 11.5 Å². The highest BCUT2D eigenvalue weighted by Gasteiger charge is 2.30. The number of nitrogens with zero attached hydrogens (tertiary/aromatic N) is 4.